The Morgan fingerprint density at radius 1 is 1.33 bits per heavy atom. The number of sulfone groups is 1. The first-order valence-corrected chi connectivity index (χ1v) is 9.74. The Bertz CT molecular complexity index is 685. The molecule has 2 aliphatic rings. The summed E-state index contributed by atoms with van der Waals surface area (Å²) >= 11 is 0. The second-order valence-electron chi connectivity index (χ2n) is 7.52. The third kappa shape index (κ3) is 4.17. The molecule has 2 rings (SSSR count). The third-order valence-corrected chi connectivity index (χ3v) is 5.68. The highest BCUT2D eigenvalue weighted by atomic mass is 32.2. The monoisotopic (exact) mass is 357 g/mol. The molecule has 2 amide bonds. The summed E-state index contributed by atoms with van der Waals surface area (Å²) in [5.74, 6) is -0.508. The molecule has 2 fully saturated rings. The van der Waals surface area contributed by atoms with Gasteiger partial charge in [-0.25, -0.2) is 13.2 Å². The van der Waals surface area contributed by atoms with Gasteiger partial charge in [-0.3, -0.25) is 9.69 Å². The lowest BCUT2D eigenvalue weighted by molar-refractivity contribution is -0.126. The predicted octanol–water partition coefficient (Wildman–Crippen LogP) is 0.581. The average molecular weight is 357 g/mol. The van der Waals surface area contributed by atoms with Gasteiger partial charge in [0.25, 0.3) is 0 Å². The van der Waals surface area contributed by atoms with Gasteiger partial charge in [-0.1, -0.05) is 0 Å². The number of ether oxygens (including phenoxy) is 1. The van der Waals surface area contributed by atoms with Gasteiger partial charge < -0.3 is 10.1 Å². The normalized spacial score (nSPS) is 25.7. The largest absolute Gasteiger partial charge is 0.444 e. The van der Waals surface area contributed by atoms with E-state index in [2.05, 4.69) is 5.32 Å². The topological polar surface area (TPSA) is 117 Å². The number of likely N-dealkylation sites (tertiary alicyclic amines) is 1. The minimum Gasteiger partial charge on any atom is -0.444 e. The zero-order chi connectivity index (χ0) is 18.3. The van der Waals surface area contributed by atoms with Gasteiger partial charge >= 0.3 is 6.09 Å². The Morgan fingerprint density at radius 2 is 1.92 bits per heavy atom. The highest BCUT2D eigenvalue weighted by Crippen LogP contribution is 2.35. The Morgan fingerprint density at radius 3 is 2.33 bits per heavy atom. The minimum atomic E-state index is -3.41. The van der Waals surface area contributed by atoms with Gasteiger partial charge in [0.2, 0.25) is 5.91 Å². The van der Waals surface area contributed by atoms with Crippen LogP contribution < -0.4 is 5.32 Å². The summed E-state index contributed by atoms with van der Waals surface area (Å²) in [4.78, 5) is 26.0. The molecule has 0 radical (unpaired) electrons. The van der Waals surface area contributed by atoms with E-state index >= 15 is 0 Å². The molecule has 1 saturated carbocycles. The van der Waals surface area contributed by atoms with Crippen molar-refractivity contribution < 1.29 is 22.7 Å². The number of nitrogens with one attached hydrogen (secondary N) is 1. The molecule has 0 spiro atoms. The molecule has 0 aromatic rings. The number of nitriles is 1. The van der Waals surface area contributed by atoms with Gasteiger partial charge in [0, 0.05) is 12.8 Å². The van der Waals surface area contributed by atoms with E-state index < -0.39 is 44.3 Å². The van der Waals surface area contributed by atoms with Gasteiger partial charge in [-0.15, -0.1) is 0 Å². The lowest BCUT2D eigenvalue weighted by atomic mass is 10.2. The summed E-state index contributed by atoms with van der Waals surface area (Å²) < 4.78 is 29.0. The number of nitrogens with zero attached hydrogens (tertiary/aromatic N) is 2. The molecule has 0 bridgehead atoms. The lowest BCUT2D eigenvalue weighted by Gasteiger charge is -2.28. The molecule has 0 unspecified atom stereocenters. The zero-order valence-electron chi connectivity index (χ0n) is 14.3. The summed E-state index contributed by atoms with van der Waals surface area (Å²) in [5, 5.41) is 10.9. The van der Waals surface area contributed by atoms with Crippen molar-refractivity contribution in [3.63, 3.8) is 0 Å². The van der Waals surface area contributed by atoms with Crippen molar-refractivity contribution in [3.05, 3.63) is 0 Å². The summed E-state index contributed by atoms with van der Waals surface area (Å²) in [6.07, 6.45) is 1.48. The Kier molecular flexibility index (Phi) is 4.57. The molecule has 134 valence electrons. The number of carbonyl (C=O) groups is 2. The summed E-state index contributed by atoms with van der Waals surface area (Å²) in [5.41, 5.74) is -1.63. The molecule has 1 heterocycles. The first-order valence-electron chi connectivity index (χ1n) is 7.79. The van der Waals surface area contributed by atoms with E-state index in [-0.39, 0.29) is 13.0 Å². The molecular formula is C15H23N3O5S. The number of hydrogen-bond acceptors (Lipinski definition) is 6. The fraction of sp³-hybridized carbons (Fsp3) is 0.800. The van der Waals surface area contributed by atoms with Crippen LogP contribution in [-0.4, -0.2) is 60.6 Å². The number of carbonyl (C=O) groups excluding carboxylic acids is 2. The van der Waals surface area contributed by atoms with Crippen LogP contribution >= 0.6 is 0 Å². The van der Waals surface area contributed by atoms with Crippen molar-refractivity contribution in [2.45, 2.75) is 62.5 Å². The maximum absolute atomic E-state index is 12.5. The maximum Gasteiger partial charge on any atom is 0.411 e. The van der Waals surface area contributed by atoms with Crippen molar-refractivity contribution in [2.24, 2.45) is 0 Å². The first kappa shape index (κ1) is 18.5. The Hall–Kier alpha value is -1.82. The smallest absolute Gasteiger partial charge is 0.411 e. The molecule has 2 atom stereocenters. The van der Waals surface area contributed by atoms with Crippen molar-refractivity contribution in [3.8, 4) is 6.07 Å². The van der Waals surface area contributed by atoms with Crippen LogP contribution in [0.2, 0.25) is 0 Å². The fourth-order valence-electron chi connectivity index (χ4n) is 2.59. The Balaban J connectivity index is 2.19. The van der Waals surface area contributed by atoms with Gasteiger partial charge in [0.15, 0.2) is 9.84 Å². The van der Waals surface area contributed by atoms with Gasteiger partial charge in [0.05, 0.1) is 11.3 Å². The van der Waals surface area contributed by atoms with Crippen LogP contribution in [-0.2, 0) is 19.4 Å². The van der Waals surface area contributed by atoms with Gasteiger partial charge in [-0.2, -0.15) is 5.26 Å². The lowest BCUT2D eigenvalue weighted by Crippen LogP contribution is -2.50. The SMILES string of the molecule is CC(C)(C)OC(=O)N1C[C@H](S(C)(=O)=O)C[C@H]1C(=O)NC1(C#N)CC1. The number of hydrogen-bond donors (Lipinski definition) is 1. The van der Waals surface area contributed by atoms with E-state index in [1.165, 1.54) is 0 Å². The molecular weight excluding hydrogens is 334 g/mol. The van der Waals surface area contributed by atoms with E-state index in [1.54, 1.807) is 20.8 Å². The van der Waals surface area contributed by atoms with Crippen LogP contribution in [0.5, 0.6) is 0 Å². The highest BCUT2D eigenvalue weighted by molar-refractivity contribution is 7.91. The van der Waals surface area contributed by atoms with Crippen molar-refractivity contribution in [1.82, 2.24) is 10.2 Å². The summed E-state index contributed by atoms with van der Waals surface area (Å²) in [7, 11) is -3.41. The van der Waals surface area contributed by atoms with Crippen LogP contribution in [0.15, 0.2) is 0 Å². The van der Waals surface area contributed by atoms with Crippen LogP contribution in [0.3, 0.4) is 0 Å². The molecule has 8 nitrogen and oxygen atoms in total. The quantitative estimate of drug-likeness (QED) is 0.790. The molecule has 0 aromatic carbocycles. The Labute approximate surface area is 142 Å². The highest BCUT2D eigenvalue weighted by Gasteiger charge is 2.50. The second kappa shape index (κ2) is 5.92. The van der Waals surface area contributed by atoms with Gasteiger partial charge in [-0.05, 0) is 40.0 Å². The minimum absolute atomic E-state index is 0.00538. The van der Waals surface area contributed by atoms with E-state index in [4.69, 9.17) is 10.00 Å². The van der Waals surface area contributed by atoms with Crippen LogP contribution in [0.25, 0.3) is 0 Å². The van der Waals surface area contributed by atoms with E-state index in [1.807, 2.05) is 6.07 Å². The molecule has 1 aliphatic heterocycles. The first-order chi connectivity index (χ1) is 10.9. The third-order valence-electron chi connectivity index (χ3n) is 4.13. The van der Waals surface area contributed by atoms with Crippen LogP contribution in [0.4, 0.5) is 4.79 Å². The standard InChI is InChI=1S/C15H23N3O5S/c1-14(2,3)23-13(20)18-8-10(24(4,21)22)7-11(18)12(19)17-15(9-16)5-6-15/h10-11H,5-8H2,1-4H3,(H,17,19)/t10-,11+/m1/s1. The maximum atomic E-state index is 12.5. The predicted molar refractivity (Wildman–Crippen MR) is 85.7 cm³/mol. The second-order valence-corrected chi connectivity index (χ2v) is 9.84. The zero-order valence-corrected chi connectivity index (χ0v) is 15.1. The van der Waals surface area contributed by atoms with E-state index in [9.17, 15) is 18.0 Å². The molecule has 1 N–H and O–H groups in total. The molecule has 9 heteroatoms. The van der Waals surface area contributed by atoms with Crippen molar-refractivity contribution in [1.29, 1.82) is 5.26 Å². The van der Waals surface area contributed by atoms with Crippen LogP contribution in [0, 0.1) is 11.3 Å². The molecule has 24 heavy (non-hydrogen) atoms. The van der Waals surface area contributed by atoms with Crippen molar-refractivity contribution >= 4 is 21.8 Å². The van der Waals surface area contributed by atoms with Crippen molar-refractivity contribution in [2.75, 3.05) is 12.8 Å². The molecule has 1 aliphatic carbocycles. The van der Waals surface area contributed by atoms with E-state index in [0.717, 1.165) is 11.2 Å². The fourth-order valence-corrected chi connectivity index (χ4v) is 3.55. The molecule has 1 saturated heterocycles. The van der Waals surface area contributed by atoms with E-state index in [0.29, 0.717) is 12.8 Å². The summed E-state index contributed by atoms with van der Waals surface area (Å²) in [6, 6.07) is 1.09. The van der Waals surface area contributed by atoms with Gasteiger partial charge in [0.1, 0.15) is 17.2 Å². The molecule has 0 aromatic heterocycles. The number of amides is 2. The summed E-state index contributed by atoms with van der Waals surface area (Å²) in [6.45, 7) is 4.99. The van der Waals surface area contributed by atoms with Crippen LogP contribution in [0.1, 0.15) is 40.0 Å². The average Bonchev–Trinajstić information content (AvgIpc) is 3.01. The number of rotatable bonds is 3.